The van der Waals surface area contributed by atoms with Gasteiger partial charge in [0.15, 0.2) is 0 Å². The van der Waals surface area contributed by atoms with Crippen molar-refractivity contribution in [1.82, 2.24) is 4.90 Å². The summed E-state index contributed by atoms with van der Waals surface area (Å²) in [5, 5.41) is 13.6. The molecule has 0 saturated carbocycles. The summed E-state index contributed by atoms with van der Waals surface area (Å²) in [6.45, 7) is 5.38. The van der Waals surface area contributed by atoms with Gasteiger partial charge in [0.2, 0.25) is 5.91 Å². The molecule has 0 unspecified atom stereocenters. The summed E-state index contributed by atoms with van der Waals surface area (Å²) in [4.78, 5) is 16.9. The van der Waals surface area contributed by atoms with Crippen LogP contribution in [0.2, 0.25) is 0 Å². The molecular weight excluding hydrogens is 378 g/mol. The first-order valence-corrected chi connectivity index (χ1v) is 10.9. The summed E-state index contributed by atoms with van der Waals surface area (Å²) in [7, 11) is 0. The van der Waals surface area contributed by atoms with Gasteiger partial charge in [-0.3, -0.25) is 9.69 Å². The van der Waals surface area contributed by atoms with E-state index in [0.29, 0.717) is 6.54 Å². The molecule has 1 atom stereocenters. The van der Waals surface area contributed by atoms with Crippen molar-refractivity contribution in [1.29, 1.82) is 0 Å². The van der Waals surface area contributed by atoms with E-state index < -0.39 is 6.10 Å². The molecular formula is C24H31N3O3. The Hall–Kier alpha value is -2.41. The Morgan fingerprint density at radius 2 is 1.67 bits per heavy atom. The predicted octanol–water partition coefficient (Wildman–Crippen LogP) is 2.91. The molecule has 2 aromatic carbocycles. The second-order valence-corrected chi connectivity index (χ2v) is 8.16. The Bertz CT molecular complexity index is 798. The number of piperidine rings is 1. The Kier molecular flexibility index (Phi) is 7.00. The summed E-state index contributed by atoms with van der Waals surface area (Å²) in [6.07, 6.45) is 1.38. The molecule has 2 aromatic rings. The van der Waals surface area contributed by atoms with Crippen LogP contribution in [-0.4, -0.2) is 61.9 Å². The first kappa shape index (κ1) is 20.8. The first-order chi connectivity index (χ1) is 14.7. The summed E-state index contributed by atoms with van der Waals surface area (Å²) < 4.78 is 5.39. The van der Waals surface area contributed by atoms with Gasteiger partial charge >= 0.3 is 0 Å². The zero-order chi connectivity index (χ0) is 20.8. The quantitative estimate of drug-likeness (QED) is 0.768. The molecule has 2 aliphatic heterocycles. The number of carbonyl (C=O) groups excluding carboxylic acids is 1. The van der Waals surface area contributed by atoms with Crippen LogP contribution in [0.5, 0.6) is 0 Å². The number of carbonyl (C=O) groups is 1. The number of benzene rings is 2. The first-order valence-electron chi connectivity index (χ1n) is 10.9. The number of amides is 1. The smallest absolute Gasteiger partial charge is 0.238 e. The third-order valence-electron chi connectivity index (χ3n) is 6.11. The van der Waals surface area contributed by atoms with Crippen LogP contribution in [0.1, 0.15) is 24.5 Å². The Morgan fingerprint density at radius 1 is 1.00 bits per heavy atom. The molecule has 6 nitrogen and oxygen atoms in total. The molecule has 160 valence electrons. The fraction of sp³-hybridized carbons (Fsp3) is 0.458. The highest BCUT2D eigenvalue weighted by atomic mass is 16.5. The number of anilines is 2. The third-order valence-corrected chi connectivity index (χ3v) is 6.11. The van der Waals surface area contributed by atoms with E-state index >= 15 is 0 Å². The average molecular weight is 410 g/mol. The second kappa shape index (κ2) is 10.1. The molecule has 0 aromatic heterocycles. The minimum Gasteiger partial charge on any atom is -0.388 e. The Labute approximate surface area is 178 Å². The van der Waals surface area contributed by atoms with Gasteiger partial charge in [-0.1, -0.05) is 30.3 Å². The monoisotopic (exact) mass is 409 g/mol. The number of morpholine rings is 1. The molecule has 1 amide bonds. The Morgan fingerprint density at radius 3 is 2.33 bits per heavy atom. The molecule has 2 aliphatic rings. The molecule has 2 fully saturated rings. The van der Waals surface area contributed by atoms with E-state index in [4.69, 9.17) is 4.74 Å². The number of aliphatic hydroxyl groups excluding tert-OH is 1. The fourth-order valence-corrected chi connectivity index (χ4v) is 4.33. The van der Waals surface area contributed by atoms with Gasteiger partial charge in [-0.15, -0.1) is 0 Å². The molecule has 2 N–H and O–H groups in total. The second-order valence-electron chi connectivity index (χ2n) is 8.16. The van der Waals surface area contributed by atoms with Crippen LogP contribution in [-0.2, 0) is 9.53 Å². The van der Waals surface area contributed by atoms with E-state index in [1.54, 1.807) is 0 Å². The maximum absolute atomic E-state index is 12.5. The highest BCUT2D eigenvalue weighted by Crippen LogP contribution is 2.30. The van der Waals surface area contributed by atoms with Crippen molar-refractivity contribution in [2.24, 2.45) is 5.92 Å². The average Bonchev–Trinajstić information content (AvgIpc) is 2.81. The van der Waals surface area contributed by atoms with Gasteiger partial charge in [0.1, 0.15) is 0 Å². The number of ether oxygens (including phenoxy) is 1. The number of aliphatic hydroxyl groups is 1. The Balaban J connectivity index is 1.22. The van der Waals surface area contributed by atoms with Gasteiger partial charge in [0.05, 0.1) is 25.9 Å². The van der Waals surface area contributed by atoms with Crippen LogP contribution in [0.3, 0.4) is 0 Å². The van der Waals surface area contributed by atoms with Crippen LogP contribution >= 0.6 is 0 Å². The van der Waals surface area contributed by atoms with Gasteiger partial charge < -0.3 is 20.1 Å². The van der Waals surface area contributed by atoms with Crippen LogP contribution in [0.4, 0.5) is 11.4 Å². The normalized spacial score (nSPS) is 19.4. The molecule has 6 heteroatoms. The molecule has 0 aliphatic carbocycles. The van der Waals surface area contributed by atoms with Crippen LogP contribution in [0, 0.1) is 5.92 Å². The van der Waals surface area contributed by atoms with E-state index in [9.17, 15) is 9.90 Å². The van der Waals surface area contributed by atoms with Crippen molar-refractivity contribution < 1.29 is 14.6 Å². The van der Waals surface area contributed by atoms with Crippen LogP contribution in [0.15, 0.2) is 54.6 Å². The topological polar surface area (TPSA) is 65.0 Å². The van der Waals surface area contributed by atoms with Gasteiger partial charge in [0.25, 0.3) is 0 Å². The van der Waals surface area contributed by atoms with Gasteiger partial charge in [-0.2, -0.15) is 0 Å². The lowest BCUT2D eigenvalue weighted by atomic mass is 9.87. The number of rotatable bonds is 6. The van der Waals surface area contributed by atoms with Crippen molar-refractivity contribution in [3.8, 4) is 0 Å². The van der Waals surface area contributed by atoms with Crippen LogP contribution in [0.25, 0.3) is 0 Å². The highest BCUT2D eigenvalue weighted by Gasteiger charge is 2.27. The number of hydrogen-bond donors (Lipinski definition) is 2. The molecule has 30 heavy (non-hydrogen) atoms. The van der Waals surface area contributed by atoms with Crippen molar-refractivity contribution in [2.75, 3.05) is 56.2 Å². The maximum Gasteiger partial charge on any atom is 0.238 e. The summed E-state index contributed by atoms with van der Waals surface area (Å²) in [5.74, 6) is 0.260. The molecule has 0 radical (unpaired) electrons. The van der Waals surface area contributed by atoms with Gasteiger partial charge in [-0.25, -0.2) is 0 Å². The van der Waals surface area contributed by atoms with Crippen molar-refractivity contribution in [3.05, 3.63) is 60.2 Å². The van der Waals surface area contributed by atoms with E-state index in [1.807, 2.05) is 42.5 Å². The number of nitrogens with zero attached hydrogens (tertiary/aromatic N) is 2. The molecule has 4 rings (SSSR count). The minimum atomic E-state index is -0.424. The maximum atomic E-state index is 12.5. The van der Waals surface area contributed by atoms with Crippen molar-refractivity contribution >= 4 is 17.3 Å². The lowest BCUT2D eigenvalue weighted by Crippen LogP contribution is -2.40. The SMILES string of the molecule is O=C(CN1CCC([C@H](O)c2ccccc2)CC1)Nc1ccc(N2CCOCC2)cc1. The summed E-state index contributed by atoms with van der Waals surface area (Å²) in [5.41, 5.74) is 2.97. The lowest BCUT2D eigenvalue weighted by molar-refractivity contribution is -0.117. The summed E-state index contributed by atoms with van der Waals surface area (Å²) >= 11 is 0. The summed E-state index contributed by atoms with van der Waals surface area (Å²) in [6, 6.07) is 17.9. The van der Waals surface area contributed by atoms with E-state index in [-0.39, 0.29) is 11.8 Å². The number of nitrogens with one attached hydrogen (secondary N) is 1. The van der Waals surface area contributed by atoms with Crippen molar-refractivity contribution in [2.45, 2.75) is 18.9 Å². The highest BCUT2D eigenvalue weighted by molar-refractivity contribution is 5.92. The number of hydrogen-bond acceptors (Lipinski definition) is 5. The van der Waals surface area contributed by atoms with Crippen LogP contribution < -0.4 is 10.2 Å². The molecule has 0 spiro atoms. The van der Waals surface area contributed by atoms with Gasteiger partial charge in [0, 0.05) is 24.5 Å². The van der Waals surface area contributed by atoms with Gasteiger partial charge in [-0.05, 0) is 61.7 Å². The van der Waals surface area contributed by atoms with Crippen molar-refractivity contribution in [3.63, 3.8) is 0 Å². The van der Waals surface area contributed by atoms with E-state index in [1.165, 1.54) is 0 Å². The molecule has 2 heterocycles. The standard InChI is InChI=1S/C24H31N3O3/c28-23(25-21-6-8-22(9-7-21)27-14-16-30-17-15-27)18-26-12-10-20(11-13-26)24(29)19-4-2-1-3-5-19/h1-9,20,24,29H,10-18H2,(H,25,28)/t24-/m1/s1. The third kappa shape index (κ3) is 5.39. The largest absolute Gasteiger partial charge is 0.388 e. The minimum absolute atomic E-state index is 0.0104. The zero-order valence-electron chi connectivity index (χ0n) is 17.4. The number of likely N-dealkylation sites (tertiary alicyclic amines) is 1. The van der Waals surface area contributed by atoms with E-state index in [0.717, 1.165) is 69.2 Å². The zero-order valence-corrected chi connectivity index (χ0v) is 17.4. The molecule has 0 bridgehead atoms. The van der Waals surface area contributed by atoms with E-state index in [2.05, 4.69) is 27.2 Å². The predicted molar refractivity (Wildman–Crippen MR) is 119 cm³/mol. The lowest BCUT2D eigenvalue weighted by Gasteiger charge is -2.34. The fourth-order valence-electron chi connectivity index (χ4n) is 4.33. The molecule has 2 saturated heterocycles.